The third-order valence-electron chi connectivity index (χ3n) is 6.47. The lowest BCUT2D eigenvalue weighted by atomic mass is 10.1. The van der Waals surface area contributed by atoms with Crippen molar-refractivity contribution in [3.05, 3.63) is 41.7 Å². The van der Waals surface area contributed by atoms with E-state index in [1.165, 1.54) is 52.0 Å². The molecule has 4 rings (SSSR count). The van der Waals surface area contributed by atoms with Crippen LogP contribution in [-0.2, 0) is 7.05 Å². The Labute approximate surface area is 180 Å². The smallest absolute Gasteiger partial charge is 0.274 e. The van der Waals surface area contributed by atoms with Crippen LogP contribution in [0.3, 0.4) is 0 Å². The Balaban J connectivity index is 1.38. The first-order chi connectivity index (χ1) is 14.5. The molecule has 30 heavy (non-hydrogen) atoms. The number of aromatic nitrogens is 1. The van der Waals surface area contributed by atoms with Crippen molar-refractivity contribution in [3.8, 4) is 0 Å². The van der Waals surface area contributed by atoms with E-state index < -0.39 is 0 Å². The summed E-state index contributed by atoms with van der Waals surface area (Å²) in [7, 11) is 4.17. The molecule has 0 unspecified atom stereocenters. The summed E-state index contributed by atoms with van der Waals surface area (Å²) < 4.78 is 1.95. The third kappa shape index (κ3) is 4.40. The number of hydrogen-bond acceptors (Lipinski definition) is 4. The summed E-state index contributed by atoms with van der Waals surface area (Å²) >= 11 is 0. The van der Waals surface area contributed by atoms with Crippen LogP contribution in [0.15, 0.2) is 30.5 Å². The second-order valence-corrected chi connectivity index (χ2v) is 8.80. The Morgan fingerprint density at radius 3 is 2.40 bits per heavy atom. The first-order valence-corrected chi connectivity index (χ1v) is 11.3. The lowest BCUT2D eigenvalue weighted by Gasteiger charge is -2.32. The fourth-order valence-electron chi connectivity index (χ4n) is 4.76. The minimum atomic E-state index is -0.0253. The van der Waals surface area contributed by atoms with Crippen LogP contribution in [0.1, 0.15) is 41.7 Å². The number of anilines is 3. The van der Waals surface area contributed by atoms with E-state index in [9.17, 15) is 4.79 Å². The number of nitrogens with one attached hydrogen (secondary N) is 1. The lowest BCUT2D eigenvalue weighted by Crippen LogP contribution is -2.44. The highest BCUT2D eigenvalue weighted by molar-refractivity contribution is 6.12. The Hall–Kier alpha value is -2.31. The van der Waals surface area contributed by atoms with Crippen LogP contribution >= 0.6 is 0 Å². The maximum absolute atomic E-state index is 12.9. The number of carbonyl (C=O) groups excluding carboxylic acids is 1. The van der Waals surface area contributed by atoms with Crippen molar-refractivity contribution in [2.45, 2.75) is 32.6 Å². The maximum atomic E-state index is 12.9. The molecule has 0 atom stereocenters. The van der Waals surface area contributed by atoms with Gasteiger partial charge < -0.3 is 24.6 Å². The molecule has 2 aliphatic rings. The fraction of sp³-hybridized carbons (Fsp3) is 0.542. The second kappa shape index (κ2) is 9.23. The van der Waals surface area contributed by atoms with Crippen molar-refractivity contribution in [2.24, 2.45) is 7.05 Å². The standard InChI is InChI=1S/C24H35N5O/c1-19-18-27(3)23-22(19)29(21-11-7-6-10-20(21)25-24(23)30)13-9-5-4-8-12-28-16-14-26(2)15-17-28/h6-7,10-11,18H,4-5,8-9,12-17H2,1-3H3,(H,25,30). The van der Waals surface area contributed by atoms with Crippen LogP contribution in [0.25, 0.3) is 0 Å². The van der Waals surface area contributed by atoms with Crippen molar-refractivity contribution in [1.29, 1.82) is 0 Å². The molecule has 1 aromatic carbocycles. The first kappa shape index (κ1) is 20.9. The molecule has 1 N–H and O–H groups in total. The largest absolute Gasteiger partial charge is 0.345 e. The zero-order valence-corrected chi connectivity index (χ0v) is 18.7. The summed E-state index contributed by atoms with van der Waals surface area (Å²) in [6, 6.07) is 8.15. The highest BCUT2D eigenvalue weighted by Crippen LogP contribution is 2.40. The van der Waals surface area contributed by atoms with Gasteiger partial charge in [0.2, 0.25) is 0 Å². The van der Waals surface area contributed by atoms with Crippen LogP contribution in [-0.4, -0.2) is 66.6 Å². The van der Waals surface area contributed by atoms with Gasteiger partial charge in [-0.3, -0.25) is 4.79 Å². The number of piperazine rings is 1. The molecule has 6 nitrogen and oxygen atoms in total. The van der Waals surface area contributed by atoms with Crippen LogP contribution in [0.4, 0.5) is 17.1 Å². The van der Waals surface area contributed by atoms with Gasteiger partial charge in [0.1, 0.15) is 5.69 Å². The molecule has 2 aliphatic heterocycles. The molecule has 6 heteroatoms. The summed E-state index contributed by atoms with van der Waals surface area (Å²) in [4.78, 5) is 20.2. The van der Waals surface area contributed by atoms with E-state index in [4.69, 9.17) is 0 Å². The van der Waals surface area contributed by atoms with Crippen LogP contribution in [0.2, 0.25) is 0 Å². The van der Waals surface area contributed by atoms with E-state index in [1.54, 1.807) is 0 Å². The van der Waals surface area contributed by atoms with E-state index in [1.807, 2.05) is 23.7 Å². The zero-order chi connectivity index (χ0) is 21.1. The second-order valence-electron chi connectivity index (χ2n) is 8.80. The van der Waals surface area contributed by atoms with Crippen LogP contribution in [0, 0.1) is 6.92 Å². The van der Waals surface area contributed by atoms with E-state index in [0.29, 0.717) is 0 Å². The molecule has 0 radical (unpaired) electrons. The number of carbonyl (C=O) groups is 1. The number of unbranched alkanes of at least 4 members (excludes halogenated alkanes) is 3. The Morgan fingerprint density at radius 1 is 0.933 bits per heavy atom. The normalized spacial score (nSPS) is 17.4. The predicted octanol–water partition coefficient (Wildman–Crippen LogP) is 3.85. The minimum absolute atomic E-state index is 0.0253. The van der Waals surface area contributed by atoms with E-state index in [-0.39, 0.29) is 5.91 Å². The number of benzene rings is 1. The molecular weight excluding hydrogens is 374 g/mol. The fourth-order valence-corrected chi connectivity index (χ4v) is 4.76. The molecule has 3 heterocycles. The van der Waals surface area contributed by atoms with Gasteiger partial charge in [-0.2, -0.15) is 0 Å². The predicted molar refractivity (Wildman–Crippen MR) is 124 cm³/mol. The van der Waals surface area contributed by atoms with Crippen molar-refractivity contribution >= 4 is 23.0 Å². The lowest BCUT2D eigenvalue weighted by molar-refractivity contribution is 0.102. The number of nitrogens with zero attached hydrogens (tertiary/aromatic N) is 4. The minimum Gasteiger partial charge on any atom is -0.345 e. The van der Waals surface area contributed by atoms with Gasteiger partial charge in [-0.1, -0.05) is 25.0 Å². The monoisotopic (exact) mass is 409 g/mol. The molecule has 1 amide bonds. The van der Waals surface area contributed by atoms with Gasteiger partial charge >= 0.3 is 0 Å². The van der Waals surface area contributed by atoms with Gasteiger partial charge in [0.15, 0.2) is 0 Å². The third-order valence-corrected chi connectivity index (χ3v) is 6.47. The number of rotatable bonds is 7. The Bertz CT molecular complexity index is 882. The number of aryl methyl sites for hydroxylation is 2. The number of amides is 1. The van der Waals surface area contributed by atoms with Gasteiger partial charge in [0.05, 0.1) is 17.1 Å². The molecule has 1 aromatic heterocycles. The summed E-state index contributed by atoms with van der Waals surface area (Å²) in [6.45, 7) is 9.05. The number of para-hydroxylation sites is 2. The first-order valence-electron chi connectivity index (χ1n) is 11.3. The van der Waals surface area contributed by atoms with Crippen LogP contribution < -0.4 is 10.2 Å². The van der Waals surface area contributed by atoms with E-state index in [0.717, 1.165) is 41.3 Å². The molecule has 0 spiro atoms. The molecule has 1 fully saturated rings. The summed E-state index contributed by atoms with van der Waals surface area (Å²) in [6.07, 6.45) is 6.94. The van der Waals surface area contributed by atoms with Crippen molar-refractivity contribution in [2.75, 3.05) is 56.5 Å². The molecule has 0 saturated carbocycles. The molecule has 162 valence electrons. The quantitative estimate of drug-likeness (QED) is 0.706. The molecule has 0 bridgehead atoms. The maximum Gasteiger partial charge on any atom is 0.274 e. The van der Waals surface area contributed by atoms with Gasteiger partial charge in [-0.25, -0.2) is 0 Å². The zero-order valence-electron chi connectivity index (χ0n) is 18.7. The molecule has 0 aliphatic carbocycles. The number of fused-ring (bicyclic) bond motifs is 2. The summed E-state index contributed by atoms with van der Waals surface area (Å²) in [5, 5.41) is 3.10. The van der Waals surface area contributed by atoms with Crippen LogP contribution in [0.5, 0.6) is 0 Å². The molecular formula is C24H35N5O. The van der Waals surface area contributed by atoms with Crippen molar-refractivity contribution in [1.82, 2.24) is 14.4 Å². The van der Waals surface area contributed by atoms with Crippen molar-refractivity contribution < 1.29 is 4.79 Å². The van der Waals surface area contributed by atoms with Crippen molar-refractivity contribution in [3.63, 3.8) is 0 Å². The average Bonchev–Trinajstić information content (AvgIpc) is 2.95. The SMILES string of the molecule is Cc1cn(C)c2c1N(CCCCCCN1CCN(C)CC1)c1ccccc1NC2=O. The summed E-state index contributed by atoms with van der Waals surface area (Å²) in [5.41, 5.74) is 4.94. The number of likely N-dealkylation sites (N-methyl/N-ethyl adjacent to an activating group) is 1. The van der Waals surface area contributed by atoms with Gasteiger partial charge in [-0.05, 0) is 51.1 Å². The van der Waals surface area contributed by atoms with E-state index in [2.05, 4.69) is 52.3 Å². The van der Waals surface area contributed by atoms with Gasteiger partial charge in [0.25, 0.3) is 5.91 Å². The highest BCUT2D eigenvalue weighted by atomic mass is 16.2. The highest BCUT2D eigenvalue weighted by Gasteiger charge is 2.29. The van der Waals surface area contributed by atoms with Gasteiger partial charge in [-0.15, -0.1) is 0 Å². The summed E-state index contributed by atoms with van der Waals surface area (Å²) in [5.74, 6) is -0.0253. The van der Waals surface area contributed by atoms with Gasteiger partial charge in [0, 0.05) is 46.0 Å². The van der Waals surface area contributed by atoms with E-state index >= 15 is 0 Å². The Morgan fingerprint density at radius 2 is 1.63 bits per heavy atom. The molecule has 2 aromatic rings. The Kier molecular flexibility index (Phi) is 6.44. The average molecular weight is 410 g/mol. The number of hydrogen-bond donors (Lipinski definition) is 1. The molecule has 1 saturated heterocycles. The topological polar surface area (TPSA) is 43.8 Å².